The van der Waals surface area contributed by atoms with Crippen molar-refractivity contribution in [3.05, 3.63) is 108 Å². The Balaban J connectivity index is 1.46. The summed E-state index contributed by atoms with van der Waals surface area (Å²) in [6.45, 7) is 10.1. The van der Waals surface area contributed by atoms with Gasteiger partial charge >= 0.3 is 0 Å². The summed E-state index contributed by atoms with van der Waals surface area (Å²) in [7, 11) is 0. The van der Waals surface area contributed by atoms with E-state index in [9.17, 15) is 23.6 Å². The van der Waals surface area contributed by atoms with Crippen molar-refractivity contribution < 1.29 is 23.6 Å². The first-order valence-electron chi connectivity index (χ1n) is 17.3. The third kappa shape index (κ3) is 8.74. The van der Waals surface area contributed by atoms with Crippen molar-refractivity contribution in [2.24, 2.45) is 11.3 Å². The van der Waals surface area contributed by atoms with E-state index in [0.29, 0.717) is 30.5 Å². The Morgan fingerprint density at radius 2 is 1.70 bits per heavy atom. The second kappa shape index (κ2) is 15.7. The van der Waals surface area contributed by atoms with E-state index in [4.69, 9.17) is 0 Å². The number of imidazole rings is 1. The first-order chi connectivity index (χ1) is 23.8. The maximum Gasteiger partial charge on any atom is 0.274 e. The molecular weight excluding hydrogens is 635 g/mol. The fourth-order valence-electron chi connectivity index (χ4n) is 6.25. The van der Waals surface area contributed by atoms with E-state index >= 15 is 0 Å². The lowest BCUT2D eigenvalue weighted by Crippen LogP contribution is -2.58. The lowest BCUT2D eigenvalue weighted by Gasteiger charge is -2.37. The quantitative estimate of drug-likeness (QED) is 0.215. The molecule has 1 saturated heterocycles. The van der Waals surface area contributed by atoms with Gasteiger partial charge in [-0.3, -0.25) is 19.2 Å². The van der Waals surface area contributed by atoms with Crippen LogP contribution in [0.15, 0.2) is 85.2 Å². The van der Waals surface area contributed by atoms with Crippen molar-refractivity contribution in [2.45, 2.75) is 72.0 Å². The monoisotopic (exact) mass is 682 g/mol. The molecule has 4 amide bonds. The van der Waals surface area contributed by atoms with Crippen molar-refractivity contribution in [2.75, 3.05) is 19.6 Å². The SMILES string of the molecule is CC[C@@H](C)C(=O)N[C@H](C(=O)N1C[C@@H](NC(=O)c2ccccc2)C[C@H]1CN(CCc1ccc(F)cc1)C(=O)c1cn2ccccc2n1)C(C)(C)C. The number of hydrogen-bond acceptors (Lipinski definition) is 5. The molecule has 0 radical (unpaired) electrons. The van der Waals surface area contributed by atoms with Crippen LogP contribution >= 0.6 is 0 Å². The highest BCUT2D eigenvalue weighted by atomic mass is 19.1. The molecule has 0 spiro atoms. The van der Waals surface area contributed by atoms with Gasteiger partial charge in [-0.1, -0.05) is 71.0 Å². The Morgan fingerprint density at radius 1 is 1.00 bits per heavy atom. The third-order valence-electron chi connectivity index (χ3n) is 9.41. The molecule has 4 aromatic rings. The van der Waals surface area contributed by atoms with Gasteiger partial charge in [-0.05, 0) is 66.6 Å². The van der Waals surface area contributed by atoms with Crippen molar-refractivity contribution >= 4 is 29.3 Å². The molecule has 0 aliphatic carbocycles. The summed E-state index contributed by atoms with van der Waals surface area (Å²) in [6.07, 6.45) is 4.98. The van der Waals surface area contributed by atoms with Gasteiger partial charge in [0.05, 0.1) is 6.04 Å². The molecule has 50 heavy (non-hydrogen) atoms. The van der Waals surface area contributed by atoms with E-state index < -0.39 is 23.5 Å². The predicted molar refractivity (Wildman–Crippen MR) is 190 cm³/mol. The molecule has 4 atom stereocenters. The molecule has 0 bridgehead atoms. The maximum atomic E-state index is 14.5. The van der Waals surface area contributed by atoms with Crippen LogP contribution in [0.1, 0.15) is 73.9 Å². The van der Waals surface area contributed by atoms with Crippen molar-refractivity contribution in [3.63, 3.8) is 0 Å². The van der Waals surface area contributed by atoms with E-state index in [1.165, 1.54) is 12.1 Å². The summed E-state index contributed by atoms with van der Waals surface area (Å²) in [5.41, 5.74) is 1.62. The minimum Gasteiger partial charge on any atom is -0.347 e. The van der Waals surface area contributed by atoms with E-state index in [0.717, 1.165) is 5.56 Å². The molecule has 264 valence electrons. The maximum absolute atomic E-state index is 14.5. The Kier molecular flexibility index (Phi) is 11.3. The zero-order valence-corrected chi connectivity index (χ0v) is 29.4. The normalized spacial score (nSPS) is 17.3. The minimum absolute atomic E-state index is 0.160. The lowest BCUT2D eigenvalue weighted by molar-refractivity contribution is -0.141. The standard InChI is InChI=1S/C39H47FN6O4/c1-6-26(2)35(47)43-34(39(3,4)5)38(50)46-23-30(41-36(48)28-12-8-7-9-13-28)22-31(46)24-45(21-19-27-15-17-29(40)18-16-27)37(49)32-25-44-20-11-10-14-33(44)42-32/h7-18,20,25-26,30-31,34H,6,19,21-24H2,1-5H3,(H,41,48)(H,43,47)/t26-,30+,31+,34-/m1/s1. The van der Waals surface area contributed by atoms with Gasteiger partial charge in [0.2, 0.25) is 11.8 Å². The van der Waals surface area contributed by atoms with E-state index in [-0.39, 0.29) is 60.7 Å². The number of hydrogen-bond donors (Lipinski definition) is 2. The van der Waals surface area contributed by atoms with Crippen molar-refractivity contribution in [1.29, 1.82) is 0 Å². The van der Waals surface area contributed by atoms with Crippen LogP contribution in [0.3, 0.4) is 0 Å². The number of carbonyl (C=O) groups is 4. The summed E-state index contributed by atoms with van der Waals surface area (Å²) < 4.78 is 15.5. The highest BCUT2D eigenvalue weighted by Gasteiger charge is 2.44. The number of halogens is 1. The molecular formula is C39H47FN6O4. The van der Waals surface area contributed by atoms with Crippen LogP contribution in [0.5, 0.6) is 0 Å². The van der Waals surface area contributed by atoms with Gasteiger partial charge in [-0.2, -0.15) is 0 Å². The van der Waals surface area contributed by atoms with Crippen LogP contribution in [0.4, 0.5) is 4.39 Å². The summed E-state index contributed by atoms with van der Waals surface area (Å²) in [4.78, 5) is 63.1. The first-order valence-corrected chi connectivity index (χ1v) is 17.3. The molecule has 1 aliphatic rings. The molecule has 5 rings (SSSR count). The van der Waals surface area contributed by atoms with Crippen molar-refractivity contribution in [1.82, 2.24) is 29.8 Å². The number of likely N-dealkylation sites (tertiary alicyclic amines) is 1. The lowest BCUT2D eigenvalue weighted by atomic mass is 9.85. The number of nitrogens with one attached hydrogen (secondary N) is 2. The number of carbonyl (C=O) groups excluding carboxylic acids is 4. The molecule has 2 N–H and O–H groups in total. The van der Waals surface area contributed by atoms with Crippen LogP contribution in [-0.4, -0.2) is 80.6 Å². The zero-order valence-electron chi connectivity index (χ0n) is 29.4. The Labute approximate surface area is 293 Å². The fraction of sp³-hybridized carbons (Fsp3) is 0.410. The van der Waals surface area contributed by atoms with Crippen molar-refractivity contribution in [3.8, 4) is 0 Å². The van der Waals surface area contributed by atoms with Gasteiger partial charge in [-0.25, -0.2) is 9.37 Å². The topological polar surface area (TPSA) is 116 Å². The zero-order chi connectivity index (χ0) is 36.0. The van der Waals surface area contributed by atoms with Gasteiger partial charge in [0, 0.05) is 49.6 Å². The summed E-state index contributed by atoms with van der Waals surface area (Å²) in [6, 6.07) is 18.9. The predicted octanol–water partition coefficient (Wildman–Crippen LogP) is 5.13. The largest absolute Gasteiger partial charge is 0.347 e. The second-order valence-corrected chi connectivity index (χ2v) is 14.3. The van der Waals surface area contributed by atoms with Crippen LogP contribution in [0, 0.1) is 17.2 Å². The number of rotatable bonds is 12. The molecule has 1 aliphatic heterocycles. The molecule has 0 unspecified atom stereocenters. The van der Waals surface area contributed by atoms with Gasteiger partial charge in [0.1, 0.15) is 23.2 Å². The van der Waals surface area contributed by atoms with E-state index in [2.05, 4.69) is 15.6 Å². The number of pyridine rings is 1. The number of benzene rings is 2. The summed E-state index contributed by atoms with van der Waals surface area (Å²) in [5, 5.41) is 6.11. The third-order valence-corrected chi connectivity index (χ3v) is 9.41. The minimum atomic E-state index is -0.836. The van der Waals surface area contributed by atoms with Gasteiger partial charge in [-0.15, -0.1) is 0 Å². The second-order valence-electron chi connectivity index (χ2n) is 14.3. The first kappa shape index (κ1) is 36.2. The smallest absolute Gasteiger partial charge is 0.274 e. The van der Waals surface area contributed by atoms with Gasteiger partial charge in [0.25, 0.3) is 11.8 Å². The summed E-state index contributed by atoms with van der Waals surface area (Å²) >= 11 is 0. The van der Waals surface area contributed by atoms with E-state index in [1.54, 1.807) is 56.8 Å². The van der Waals surface area contributed by atoms with Gasteiger partial charge < -0.3 is 24.8 Å². The number of aromatic nitrogens is 2. The number of fused-ring (bicyclic) bond motifs is 1. The average molecular weight is 683 g/mol. The number of nitrogens with zero attached hydrogens (tertiary/aromatic N) is 4. The van der Waals surface area contributed by atoms with Crippen LogP contribution in [0.2, 0.25) is 0 Å². The summed E-state index contributed by atoms with van der Waals surface area (Å²) in [5.74, 6) is -1.65. The van der Waals surface area contributed by atoms with Gasteiger partial charge in [0.15, 0.2) is 0 Å². The van der Waals surface area contributed by atoms with Crippen LogP contribution in [-0.2, 0) is 16.0 Å². The molecule has 2 aromatic heterocycles. The molecule has 10 nitrogen and oxygen atoms in total. The molecule has 11 heteroatoms. The molecule has 3 heterocycles. The molecule has 1 fully saturated rings. The Hall–Kier alpha value is -5.06. The van der Waals surface area contributed by atoms with Crippen LogP contribution < -0.4 is 10.6 Å². The Morgan fingerprint density at radius 3 is 2.36 bits per heavy atom. The fourth-order valence-corrected chi connectivity index (χ4v) is 6.25. The van der Waals surface area contributed by atoms with Crippen LogP contribution in [0.25, 0.3) is 5.65 Å². The molecule has 0 saturated carbocycles. The Bertz CT molecular complexity index is 1770. The number of amides is 4. The highest BCUT2D eigenvalue weighted by molar-refractivity contribution is 5.95. The van der Waals surface area contributed by atoms with E-state index in [1.807, 2.05) is 65.1 Å². The highest BCUT2D eigenvalue weighted by Crippen LogP contribution is 2.28. The average Bonchev–Trinajstić information content (AvgIpc) is 3.72. The molecule has 2 aromatic carbocycles.